The summed E-state index contributed by atoms with van der Waals surface area (Å²) < 4.78 is 63.5. The largest absolute Gasteiger partial charge is 0.458 e. The van der Waals surface area contributed by atoms with Gasteiger partial charge in [0.2, 0.25) is 0 Å². The van der Waals surface area contributed by atoms with E-state index in [9.17, 15) is 17.6 Å². The maximum atomic E-state index is 13.9. The lowest BCUT2D eigenvalue weighted by Crippen LogP contribution is -2.31. The smallest absolute Gasteiger partial charge is 0.393 e. The zero-order chi connectivity index (χ0) is 25.3. The predicted octanol–water partition coefficient (Wildman–Crippen LogP) is 4.84. The van der Waals surface area contributed by atoms with E-state index in [-0.39, 0.29) is 17.9 Å². The Kier molecular flexibility index (Phi) is 9.49. The normalized spacial score (nSPS) is 17.3. The van der Waals surface area contributed by atoms with Gasteiger partial charge in [0.05, 0.1) is 30.2 Å². The van der Waals surface area contributed by atoms with Crippen LogP contribution >= 0.6 is 0 Å². The van der Waals surface area contributed by atoms with Crippen LogP contribution in [0, 0.1) is 0 Å². The van der Waals surface area contributed by atoms with Gasteiger partial charge in [-0.25, -0.2) is 4.39 Å². The summed E-state index contributed by atoms with van der Waals surface area (Å²) in [4.78, 5) is 5.61. The molecule has 0 saturated heterocycles. The number of methoxy groups -OCH3 is 1. The monoisotopic (exact) mass is 480 g/mol. The van der Waals surface area contributed by atoms with E-state index >= 15 is 0 Å². The third kappa shape index (κ3) is 8.11. The number of halogens is 4. The standard InChI is InChI=1S/C24H28F4N4O2/c1-5-17(14-24(26,27)28)12-20(16(2)25)31-15-32(3)21-6-7-22(33-4)23(13-19(21)29)34-18-8-10-30-11-9-18/h5-13,22,31H,2,14-15,29H2,1,3-4H3/b17-5?,20-12+. The molecule has 1 atom stereocenters. The molecule has 0 aromatic carbocycles. The summed E-state index contributed by atoms with van der Waals surface area (Å²) in [6.45, 7) is 4.69. The second-order valence-electron chi connectivity index (χ2n) is 7.34. The number of pyridine rings is 1. The maximum absolute atomic E-state index is 13.9. The van der Waals surface area contributed by atoms with Crippen LogP contribution in [-0.2, 0) is 4.74 Å². The highest BCUT2D eigenvalue weighted by Crippen LogP contribution is 2.26. The minimum Gasteiger partial charge on any atom is -0.458 e. The number of nitrogens with one attached hydrogen (secondary N) is 1. The summed E-state index contributed by atoms with van der Waals surface area (Å²) in [5.74, 6) is 0.111. The van der Waals surface area contributed by atoms with Gasteiger partial charge in [-0.05, 0) is 42.9 Å². The van der Waals surface area contributed by atoms with E-state index < -0.39 is 24.5 Å². The van der Waals surface area contributed by atoms with Crippen LogP contribution in [0.2, 0.25) is 0 Å². The SMILES string of the molecule is C=C(F)/C(=C\C(=CC)CC(F)(F)F)NCN(C)C1=C(N)C=C(Oc2ccncc2)C(OC)C=C1. The molecule has 1 aromatic rings. The molecule has 0 amide bonds. The molecular formula is C24H28F4N4O2. The van der Waals surface area contributed by atoms with Crippen LogP contribution in [0.3, 0.4) is 0 Å². The minimum atomic E-state index is -4.41. The van der Waals surface area contributed by atoms with Crippen molar-refractivity contribution < 1.29 is 27.0 Å². The van der Waals surface area contributed by atoms with Gasteiger partial charge in [0.25, 0.3) is 0 Å². The Labute approximate surface area is 196 Å². The van der Waals surface area contributed by atoms with Gasteiger partial charge in [-0.15, -0.1) is 0 Å². The molecule has 3 N–H and O–H groups in total. The molecule has 1 heterocycles. The fourth-order valence-electron chi connectivity index (χ4n) is 3.02. The third-order valence-electron chi connectivity index (χ3n) is 4.76. The van der Waals surface area contributed by atoms with E-state index in [1.807, 2.05) is 0 Å². The topological polar surface area (TPSA) is 72.6 Å². The molecule has 1 aliphatic carbocycles. The highest BCUT2D eigenvalue weighted by molar-refractivity contribution is 5.39. The average Bonchev–Trinajstić information content (AvgIpc) is 2.93. The second kappa shape index (κ2) is 12.1. The Morgan fingerprint density at radius 1 is 1.32 bits per heavy atom. The van der Waals surface area contributed by atoms with Crippen LogP contribution in [0.1, 0.15) is 13.3 Å². The molecule has 2 rings (SSSR count). The Morgan fingerprint density at radius 2 is 2.00 bits per heavy atom. The molecular weight excluding hydrogens is 452 g/mol. The molecule has 0 bridgehead atoms. The van der Waals surface area contributed by atoms with Crippen molar-refractivity contribution in [3.63, 3.8) is 0 Å². The van der Waals surface area contributed by atoms with Crippen molar-refractivity contribution in [2.75, 3.05) is 20.8 Å². The number of nitrogens with two attached hydrogens (primary N) is 1. The molecule has 1 aliphatic rings. The highest BCUT2D eigenvalue weighted by atomic mass is 19.4. The molecule has 34 heavy (non-hydrogen) atoms. The Balaban J connectivity index is 2.21. The van der Waals surface area contributed by atoms with Crippen molar-refractivity contribution in [3.05, 3.63) is 95.7 Å². The summed E-state index contributed by atoms with van der Waals surface area (Å²) in [7, 11) is 3.21. The molecule has 184 valence electrons. The van der Waals surface area contributed by atoms with Crippen molar-refractivity contribution in [1.29, 1.82) is 0 Å². The lowest BCUT2D eigenvalue weighted by molar-refractivity contribution is -0.126. The Hall–Kier alpha value is -3.53. The van der Waals surface area contributed by atoms with Crippen LogP contribution in [-0.4, -0.2) is 43.0 Å². The zero-order valence-corrected chi connectivity index (χ0v) is 19.2. The molecule has 1 aromatic heterocycles. The summed E-state index contributed by atoms with van der Waals surface area (Å²) in [5, 5.41) is 2.77. The fraction of sp³-hybridized carbons (Fsp3) is 0.292. The quantitative estimate of drug-likeness (QED) is 0.284. The van der Waals surface area contributed by atoms with Crippen LogP contribution in [0.4, 0.5) is 17.6 Å². The van der Waals surface area contributed by atoms with E-state index in [0.29, 0.717) is 22.9 Å². The number of likely N-dealkylation sites (N-methyl/N-ethyl adjacent to an activating group) is 1. The first-order valence-electron chi connectivity index (χ1n) is 10.3. The summed E-state index contributed by atoms with van der Waals surface area (Å²) in [6.07, 6.45) is 4.51. The molecule has 0 fully saturated rings. The van der Waals surface area contributed by atoms with Gasteiger partial charge in [0.1, 0.15) is 23.4 Å². The zero-order valence-electron chi connectivity index (χ0n) is 19.2. The molecule has 0 aliphatic heterocycles. The van der Waals surface area contributed by atoms with E-state index in [1.165, 1.54) is 20.1 Å². The van der Waals surface area contributed by atoms with Gasteiger partial charge in [0, 0.05) is 32.6 Å². The van der Waals surface area contributed by atoms with Crippen molar-refractivity contribution in [3.8, 4) is 5.75 Å². The number of nitrogens with zero attached hydrogens (tertiary/aromatic N) is 2. The first-order chi connectivity index (χ1) is 16.0. The summed E-state index contributed by atoms with van der Waals surface area (Å²) >= 11 is 0. The Morgan fingerprint density at radius 3 is 2.56 bits per heavy atom. The number of allylic oxidation sites excluding steroid dienone is 6. The van der Waals surface area contributed by atoms with Gasteiger partial charge in [0.15, 0.2) is 0 Å². The first kappa shape index (κ1) is 26.7. The molecule has 0 spiro atoms. The molecule has 0 radical (unpaired) electrons. The van der Waals surface area contributed by atoms with Gasteiger partial charge in [-0.1, -0.05) is 12.7 Å². The van der Waals surface area contributed by atoms with Gasteiger partial charge >= 0.3 is 6.18 Å². The number of rotatable bonds is 10. The lowest BCUT2D eigenvalue weighted by Gasteiger charge is -2.23. The minimum absolute atomic E-state index is 0.0319. The van der Waals surface area contributed by atoms with Crippen molar-refractivity contribution in [1.82, 2.24) is 15.2 Å². The molecule has 10 heteroatoms. The fourth-order valence-corrected chi connectivity index (χ4v) is 3.02. The number of hydrogen-bond donors (Lipinski definition) is 2. The van der Waals surface area contributed by atoms with Crippen molar-refractivity contribution in [2.24, 2.45) is 5.73 Å². The molecule has 0 saturated carbocycles. The maximum Gasteiger partial charge on any atom is 0.393 e. The molecule has 6 nitrogen and oxygen atoms in total. The third-order valence-corrected chi connectivity index (χ3v) is 4.76. The average molecular weight is 481 g/mol. The van der Waals surface area contributed by atoms with Gasteiger partial charge in [-0.3, -0.25) is 4.98 Å². The van der Waals surface area contributed by atoms with Crippen LogP contribution < -0.4 is 15.8 Å². The van der Waals surface area contributed by atoms with Crippen molar-refractivity contribution >= 4 is 0 Å². The van der Waals surface area contributed by atoms with E-state index in [1.54, 1.807) is 54.7 Å². The highest BCUT2D eigenvalue weighted by Gasteiger charge is 2.28. The summed E-state index contributed by atoms with van der Waals surface area (Å²) in [6, 6.07) is 3.38. The van der Waals surface area contributed by atoms with E-state index in [4.69, 9.17) is 15.2 Å². The van der Waals surface area contributed by atoms with E-state index in [0.717, 1.165) is 6.08 Å². The number of ether oxygens (including phenoxy) is 2. The predicted molar refractivity (Wildman–Crippen MR) is 123 cm³/mol. The Bertz CT molecular complexity index is 1010. The van der Waals surface area contributed by atoms with Crippen LogP contribution in [0.25, 0.3) is 0 Å². The van der Waals surface area contributed by atoms with Crippen LogP contribution in [0.15, 0.2) is 95.7 Å². The molecule has 1 unspecified atom stereocenters. The lowest BCUT2D eigenvalue weighted by atomic mass is 10.1. The number of alkyl halides is 3. The van der Waals surface area contributed by atoms with E-state index in [2.05, 4.69) is 16.9 Å². The van der Waals surface area contributed by atoms with Gasteiger partial charge < -0.3 is 25.4 Å². The first-order valence-corrected chi connectivity index (χ1v) is 10.3. The second-order valence-corrected chi connectivity index (χ2v) is 7.34. The number of hydrogen-bond acceptors (Lipinski definition) is 6. The number of aromatic nitrogens is 1. The van der Waals surface area contributed by atoms with Crippen molar-refractivity contribution in [2.45, 2.75) is 25.6 Å². The van der Waals surface area contributed by atoms with Crippen LogP contribution in [0.5, 0.6) is 5.75 Å². The van der Waals surface area contributed by atoms with Gasteiger partial charge in [-0.2, -0.15) is 13.2 Å². The summed E-state index contributed by atoms with van der Waals surface area (Å²) in [5.41, 5.74) is 6.93.